The van der Waals surface area contributed by atoms with Gasteiger partial charge in [0.25, 0.3) is 0 Å². The molecule has 0 N–H and O–H groups in total. The van der Waals surface area contributed by atoms with Gasteiger partial charge in [0.1, 0.15) is 11.5 Å². The van der Waals surface area contributed by atoms with Gasteiger partial charge in [-0.25, -0.2) is 0 Å². The molecule has 0 saturated carbocycles. The average Bonchev–Trinajstić information content (AvgIpc) is 3.46. The van der Waals surface area contributed by atoms with Crippen LogP contribution in [-0.2, 0) is 11.3 Å². The number of nitrogens with zero attached hydrogens (tertiary/aromatic N) is 1. The molecule has 1 aromatic heterocycles. The van der Waals surface area contributed by atoms with Gasteiger partial charge in [-0.1, -0.05) is 70.2 Å². The zero-order chi connectivity index (χ0) is 24.8. The predicted octanol–water partition coefficient (Wildman–Crippen LogP) is 5.97. The van der Waals surface area contributed by atoms with Crippen molar-refractivity contribution < 1.29 is 19.1 Å². The standard InChI is InChI=1S/C18H19NO2.C11H14O2/c1-12(2)17(20)14-10-11-19-15(14)8-9-16(19)18(21)13-6-4-3-5-7-13;1-8(2)11(12)9-6-4-5-7-10(9)13-3/h3-9,12,14H,10-11H2,1-2H3;4-8H,1-3H3. The number of aromatic nitrogens is 1. The quantitative estimate of drug-likeness (QED) is 0.409. The zero-order valence-electron chi connectivity index (χ0n) is 20.6. The fourth-order valence-electron chi connectivity index (χ4n) is 4.23. The predicted molar refractivity (Wildman–Crippen MR) is 134 cm³/mol. The van der Waals surface area contributed by atoms with Gasteiger partial charge in [-0.05, 0) is 30.7 Å². The first-order valence-corrected chi connectivity index (χ1v) is 11.8. The minimum atomic E-state index is -0.0534. The molecule has 1 atom stereocenters. The van der Waals surface area contributed by atoms with Gasteiger partial charge in [0, 0.05) is 29.6 Å². The van der Waals surface area contributed by atoms with Gasteiger partial charge in [0.15, 0.2) is 5.78 Å². The number of fused-ring (bicyclic) bond motifs is 1. The molecule has 2 aromatic carbocycles. The number of hydrogen-bond acceptors (Lipinski definition) is 4. The maximum atomic E-state index is 12.6. The Kier molecular flexibility index (Phi) is 8.21. The van der Waals surface area contributed by atoms with Crippen LogP contribution in [0.15, 0.2) is 66.7 Å². The zero-order valence-corrected chi connectivity index (χ0v) is 20.6. The Morgan fingerprint density at radius 2 is 1.50 bits per heavy atom. The van der Waals surface area contributed by atoms with Crippen molar-refractivity contribution in [3.63, 3.8) is 0 Å². The van der Waals surface area contributed by atoms with Crippen LogP contribution in [0.25, 0.3) is 0 Å². The van der Waals surface area contributed by atoms with Crippen molar-refractivity contribution in [2.75, 3.05) is 7.11 Å². The highest BCUT2D eigenvalue weighted by molar-refractivity contribution is 6.08. The lowest BCUT2D eigenvalue weighted by Gasteiger charge is -2.10. The van der Waals surface area contributed by atoms with E-state index in [-0.39, 0.29) is 35.1 Å². The van der Waals surface area contributed by atoms with Crippen LogP contribution in [0.1, 0.15) is 72.1 Å². The number of para-hydroxylation sites is 1. The molecule has 5 heteroatoms. The summed E-state index contributed by atoms with van der Waals surface area (Å²) in [4.78, 5) is 36.5. The molecule has 0 radical (unpaired) electrons. The Labute approximate surface area is 201 Å². The van der Waals surface area contributed by atoms with E-state index >= 15 is 0 Å². The maximum absolute atomic E-state index is 12.6. The molecule has 0 saturated heterocycles. The van der Waals surface area contributed by atoms with E-state index in [4.69, 9.17) is 4.74 Å². The number of carbonyl (C=O) groups is 3. The summed E-state index contributed by atoms with van der Waals surface area (Å²) in [6, 6.07) is 20.4. The largest absolute Gasteiger partial charge is 0.496 e. The molecule has 34 heavy (non-hydrogen) atoms. The topological polar surface area (TPSA) is 65.4 Å². The Morgan fingerprint density at radius 1 is 0.853 bits per heavy atom. The van der Waals surface area contributed by atoms with E-state index in [1.165, 1.54) is 0 Å². The number of ether oxygens (including phenoxy) is 1. The highest BCUT2D eigenvalue weighted by Crippen LogP contribution is 2.33. The second kappa shape index (κ2) is 11.1. The van der Waals surface area contributed by atoms with Crippen molar-refractivity contribution in [3.8, 4) is 5.75 Å². The van der Waals surface area contributed by atoms with Crippen LogP contribution in [0.3, 0.4) is 0 Å². The van der Waals surface area contributed by atoms with Crippen LogP contribution in [0.2, 0.25) is 0 Å². The molecule has 2 heterocycles. The summed E-state index contributed by atoms with van der Waals surface area (Å²) in [6.07, 6.45) is 0.808. The van der Waals surface area contributed by atoms with Gasteiger partial charge in [-0.15, -0.1) is 0 Å². The third kappa shape index (κ3) is 5.36. The minimum Gasteiger partial charge on any atom is -0.496 e. The molecule has 0 amide bonds. The summed E-state index contributed by atoms with van der Waals surface area (Å²) in [5, 5.41) is 0. The monoisotopic (exact) mass is 459 g/mol. The summed E-state index contributed by atoms with van der Waals surface area (Å²) in [6.45, 7) is 8.39. The first-order chi connectivity index (χ1) is 16.3. The van der Waals surface area contributed by atoms with Crippen LogP contribution < -0.4 is 4.74 Å². The summed E-state index contributed by atoms with van der Waals surface area (Å²) in [5.74, 6) is 1.06. The highest BCUT2D eigenvalue weighted by Gasteiger charge is 2.32. The molecule has 3 aromatic rings. The van der Waals surface area contributed by atoms with Crippen LogP contribution in [0, 0.1) is 11.8 Å². The van der Waals surface area contributed by atoms with Crippen LogP contribution in [0.5, 0.6) is 5.75 Å². The Balaban J connectivity index is 0.000000215. The van der Waals surface area contributed by atoms with Crippen molar-refractivity contribution in [1.29, 1.82) is 0 Å². The molecule has 0 spiro atoms. The third-order valence-electron chi connectivity index (χ3n) is 6.09. The lowest BCUT2D eigenvalue weighted by Crippen LogP contribution is -2.16. The lowest BCUT2D eigenvalue weighted by molar-refractivity contribution is -0.123. The number of ketones is 3. The van der Waals surface area contributed by atoms with Crippen molar-refractivity contribution in [2.45, 2.75) is 46.6 Å². The number of benzene rings is 2. The first kappa shape index (κ1) is 25.2. The van der Waals surface area contributed by atoms with Crippen molar-refractivity contribution in [1.82, 2.24) is 4.57 Å². The summed E-state index contributed by atoms with van der Waals surface area (Å²) >= 11 is 0. The van der Waals surface area contributed by atoms with Crippen LogP contribution in [0.4, 0.5) is 0 Å². The van der Waals surface area contributed by atoms with Gasteiger partial charge in [-0.3, -0.25) is 14.4 Å². The van der Waals surface area contributed by atoms with Crippen LogP contribution in [-0.4, -0.2) is 29.0 Å². The molecule has 1 unspecified atom stereocenters. The molecule has 0 fully saturated rings. The minimum absolute atomic E-state index is 0.0105. The molecular formula is C29H33NO4. The Hall–Kier alpha value is -3.47. The molecule has 4 rings (SSSR count). The van der Waals surface area contributed by atoms with Gasteiger partial charge in [0.2, 0.25) is 5.78 Å². The smallest absolute Gasteiger partial charge is 0.209 e. The number of hydrogen-bond donors (Lipinski definition) is 0. The van der Waals surface area contributed by atoms with Crippen LogP contribution >= 0.6 is 0 Å². The molecular weight excluding hydrogens is 426 g/mol. The van der Waals surface area contributed by atoms with E-state index in [1.54, 1.807) is 19.2 Å². The first-order valence-electron chi connectivity index (χ1n) is 11.8. The molecule has 1 aliphatic heterocycles. The van der Waals surface area contributed by atoms with Crippen molar-refractivity contribution >= 4 is 17.3 Å². The number of methoxy groups -OCH3 is 1. The maximum Gasteiger partial charge on any atom is 0.209 e. The third-order valence-corrected chi connectivity index (χ3v) is 6.09. The summed E-state index contributed by atoms with van der Waals surface area (Å²) in [7, 11) is 1.58. The van der Waals surface area contributed by atoms with Crippen molar-refractivity contribution in [2.24, 2.45) is 11.8 Å². The van der Waals surface area contributed by atoms with Gasteiger partial charge in [-0.2, -0.15) is 0 Å². The number of carbonyl (C=O) groups excluding carboxylic acids is 3. The van der Waals surface area contributed by atoms with E-state index in [0.717, 1.165) is 18.7 Å². The van der Waals surface area contributed by atoms with E-state index < -0.39 is 0 Å². The van der Waals surface area contributed by atoms with Gasteiger partial charge >= 0.3 is 0 Å². The fourth-order valence-corrected chi connectivity index (χ4v) is 4.23. The van der Waals surface area contributed by atoms with Crippen molar-refractivity contribution in [3.05, 3.63) is 89.2 Å². The van der Waals surface area contributed by atoms with E-state index in [2.05, 4.69) is 0 Å². The van der Waals surface area contributed by atoms with Gasteiger partial charge in [0.05, 0.1) is 24.3 Å². The SMILES string of the molecule is CC(C)C(=O)C1CCn2c(C(=O)c3ccccc3)ccc21.COc1ccccc1C(=O)C(C)C. The second-order valence-corrected chi connectivity index (χ2v) is 9.11. The average molecular weight is 460 g/mol. The Morgan fingerprint density at radius 3 is 2.12 bits per heavy atom. The number of Topliss-reactive ketones (excluding diaryl/α,β-unsaturated/α-hetero) is 2. The molecule has 0 aliphatic carbocycles. The summed E-state index contributed by atoms with van der Waals surface area (Å²) in [5.41, 5.74) is 3.04. The normalized spacial score (nSPS) is 14.4. The fraction of sp³-hybridized carbons (Fsp3) is 0.345. The highest BCUT2D eigenvalue weighted by atomic mass is 16.5. The molecule has 178 valence electrons. The lowest BCUT2D eigenvalue weighted by atomic mass is 9.92. The van der Waals surface area contributed by atoms with E-state index in [9.17, 15) is 14.4 Å². The van der Waals surface area contributed by atoms with Gasteiger partial charge < -0.3 is 9.30 Å². The molecule has 5 nitrogen and oxygen atoms in total. The second-order valence-electron chi connectivity index (χ2n) is 9.11. The van der Waals surface area contributed by atoms with E-state index in [0.29, 0.717) is 22.6 Å². The number of rotatable bonds is 7. The van der Waals surface area contributed by atoms with E-state index in [1.807, 2.05) is 86.9 Å². The Bertz CT molecular complexity index is 1160. The summed E-state index contributed by atoms with van der Waals surface area (Å²) < 4.78 is 7.11. The molecule has 0 bridgehead atoms. The molecule has 1 aliphatic rings.